The first-order valence-electron chi connectivity index (χ1n) is 12.3. The average Bonchev–Trinajstić information content (AvgIpc) is 3.00. The Bertz CT molecular complexity index is 586. The molecule has 0 aromatic carbocycles. The van der Waals surface area contributed by atoms with Gasteiger partial charge in [0, 0.05) is 37.0 Å². The van der Waals surface area contributed by atoms with Gasteiger partial charge < -0.3 is 14.6 Å². The quantitative estimate of drug-likeness (QED) is 0.360. The van der Waals surface area contributed by atoms with Crippen molar-refractivity contribution in [1.82, 2.24) is 0 Å². The Morgan fingerprint density at radius 3 is 2.31 bits per heavy atom. The lowest BCUT2D eigenvalue weighted by atomic mass is 9.56. The Morgan fingerprint density at radius 2 is 1.62 bits per heavy atom. The van der Waals surface area contributed by atoms with E-state index < -0.39 is 0 Å². The summed E-state index contributed by atoms with van der Waals surface area (Å²) in [6, 6.07) is 0. The minimum atomic E-state index is -0.146. The highest BCUT2D eigenvalue weighted by atomic mass is 16.5. The van der Waals surface area contributed by atoms with E-state index in [1.165, 1.54) is 44.9 Å². The third-order valence-corrected chi connectivity index (χ3v) is 8.64. The minimum Gasteiger partial charge on any atom is -0.512 e. The largest absolute Gasteiger partial charge is 0.512 e. The lowest BCUT2D eigenvalue weighted by Gasteiger charge is -2.51. The van der Waals surface area contributed by atoms with Gasteiger partial charge in [0.25, 0.3) is 0 Å². The molecule has 4 unspecified atom stereocenters. The molecule has 4 atom stereocenters. The standard InChI is InChI=1S/C25H40O4/c1-28-24-20(22(27)17-21(26)18-9-5-4-6-10-18)13-14-23-25(24,15-16-29-23)19-11-7-2-3-8-12-19/h17-20,23-24,26H,2-16H2,1H3/b21-17-. The van der Waals surface area contributed by atoms with Crippen molar-refractivity contribution in [2.75, 3.05) is 13.7 Å². The first-order valence-corrected chi connectivity index (χ1v) is 12.3. The molecule has 4 rings (SSSR count). The SMILES string of the molecule is COC1C(C(=O)/C=C(\O)C2CCCCC2)CCC2OCCC21C1CCCCCC1. The van der Waals surface area contributed by atoms with Crippen LogP contribution < -0.4 is 0 Å². The first kappa shape index (κ1) is 21.4. The zero-order valence-electron chi connectivity index (χ0n) is 18.2. The van der Waals surface area contributed by atoms with Crippen LogP contribution in [0.3, 0.4) is 0 Å². The number of aliphatic hydroxyl groups is 1. The van der Waals surface area contributed by atoms with E-state index in [9.17, 15) is 9.90 Å². The number of aliphatic hydroxyl groups excluding tert-OH is 1. The molecule has 0 aromatic rings. The fourth-order valence-electron chi connectivity index (χ4n) is 7.19. The number of ketones is 1. The maximum Gasteiger partial charge on any atom is 0.164 e. The topological polar surface area (TPSA) is 55.8 Å². The predicted octanol–water partition coefficient (Wildman–Crippen LogP) is 5.75. The Morgan fingerprint density at radius 1 is 0.966 bits per heavy atom. The lowest BCUT2D eigenvalue weighted by Crippen LogP contribution is -2.56. The molecule has 1 saturated heterocycles. The van der Waals surface area contributed by atoms with Crippen LogP contribution in [-0.2, 0) is 14.3 Å². The third kappa shape index (κ3) is 4.17. The zero-order chi connectivity index (χ0) is 20.3. The van der Waals surface area contributed by atoms with Gasteiger partial charge in [-0.3, -0.25) is 4.79 Å². The number of fused-ring (bicyclic) bond motifs is 1. The van der Waals surface area contributed by atoms with E-state index in [0.717, 1.165) is 51.6 Å². The highest BCUT2D eigenvalue weighted by molar-refractivity contribution is 5.92. The molecule has 0 spiro atoms. The van der Waals surface area contributed by atoms with Crippen LogP contribution in [-0.4, -0.2) is 36.8 Å². The van der Waals surface area contributed by atoms with Crippen LogP contribution in [0.25, 0.3) is 0 Å². The number of methoxy groups -OCH3 is 1. The summed E-state index contributed by atoms with van der Waals surface area (Å²) in [7, 11) is 1.79. The van der Waals surface area contributed by atoms with Gasteiger partial charge in [-0.05, 0) is 50.9 Å². The molecule has 0 aromatic heterocycles. The van der Waals surface area contributed by atoms with Crippen molar-refractivity contribution < 1.29 is 19.4 Å². The number of carbonyl (C=O) groups is 1. The molecular weight excluding hydrogens is 364 g/mol. The van der Waals surface area contributed by atoms with Gasteiger partial charge in [0.05, 0.1) is 18.0 Å². The van der Waals surface area contributed by atoms with E-state index in [1.807, 2.05) is 0 Å². The van der Waals surface area contributed by atoms with Crippen molar-refractivity contribution in [2.24, 2.45) is 23.2 Å². The molecule has 4 heteroatoms. The summed E-state index contributed by atoms with van der Waals surface area (Å²) in [6.45, 7) is 0.797. The van der Waals surface area contributed by atoms with Crippen molar-refractivity contribution in [2.45, 2.75) is 102 Å². The summed E-state index contributed by atoms with van der Waals surface area (Å²) in [5.74, 6) is 1.02. The molecule has 3 saturated carbocycles. The predicted molar refractivity (Wildman–Crippen MR) is 114 cm³/mol. The molecular formula is C25H40O4. The normalized spacial score (nSPS) is 37.8. The van der Waals surface area contributed by atoms with Crippen LogP contribution in [0.15, 0.2) is 11.8 Å². The molecule has 3 aliphatic carbocycles. The summed E-state index contributed by atoms with van der Waals surface area (Å²) >= 11 is 0. The molecule has 1 N–H and O–H groups in total. The zero-order valence-corrected chi connectivity index (χ0v) is 18.2. The number of hydrogen-bond donors (Lipinski definition) is 1. The smallest absolute Gasteiger partial charge is 0.164 e. The van der Waals surface area contributed by atoms with E-state index in [2.05, 4.69) is 0 Å². The Kier molecular flexibility index (Phi) is 7.01. The van der Waals surface area contributed by atoms with Crippen LogP contribution in [0.5, 0.6) is 0 Å². The average molecular weight is 405 g/mol. The molecule has 1 heterocycles. The van der Waals surface area contributed by atoms with E-state index in [-0.39, 0.29) is 35.2 Å². The maximum atomic E-state index is 13.3. The molecule has 4 fully saturated rings. The van der Waals surface area contributed by atoms with Crippen LogP contribution in [0.2, 0.25) is 0 Å². The van der Waals surface area contributed by atoms with Crippen LogP contribution >= 0.6 is 0 Å². The fourth-order valence-corrected chi connectivity index (χ4v) is 7.19. The van der Waals surface area contributed by atoms with E-state index >= 15 is 0 Å². The number of carbonyl (C=O) groups excluding carboxylic acids is 1. The Labute approximate surface area is 176 Å². The van der Waals surface area contributed by atoms with Gasteiger partial charge in [0.2, 0.25) is 0 Å². The summed E-state index contributed by atoms with van der Waals surface area (Å²) in [5, 5.41) is 10.6. The van der Waals surface area contributed by atoms with Gasteiger partial charge in [0.1, 0.15) is 0 Å². The van der Waals surface area contributed by atoms with Crippen molar-refractivity contribution in [1.29, 1.82) is 0 Å². The second kappa shape index (κ2) is 9.51. The Balaban J connectivity index is 1.56. The van der Waals surface area contributed by atoms with Gasteiger partial charge in [0.15, 0.2) is 5.78 Å². The van der Waals surface area contributed by atoms with Gasteiger partial charge in [-0.25, -0.2) is 0 Å². The summed E-state index contributed by atoms with van der Waals surface area (Å²) < 4.78 is 12.4. The van der Waals surface area contributed by atoms with Crippen LogP contribution in [0.4, 0.5) is 0 Å². The van der Waals surface area contributed by atoms with Gasteiger partial charge in [-0.2, -0.15) is 0 Å². The lowest BCUT2D eigenvalue weighted by molar-refractivity contribution is -0.158. The summed E-state index contributed by atoms with van der Waals surface area (Å²) in [4.78, 5) is 13.3. The number of ether oxygens (including phenoxy) is 2. The van der Waals surface area contributed by atoms with Crippen LogP contribution in [0, 0.1) is 23.2 Å². The van der Waals surface area contributed by atoms with Gasteiger partial charge >= 0.3 is 0 Å². The molecule has 0 radical (unpaired) electrons. The number of hydrogen-bond acceptors (Lipinski definition) is 4. The number of rotatable bonds is 5. The first-order chi connectivity index (χ1) is 14.2. The molecule has 1 aliphatic heterocycles. The van der Waals surface area contributed by atoms with E-state index in [0.29, 0.717) is 11.7 Å². The molecule has 0 amide bonds. The van der Waals surface area contributed by atoms with Crippen LogP contribution in [0.1, 0.15) is 89.9 Å². The molecule has 0 bridgehead atoms. The molecule has 164 valence electrons. The molecule has 4 nitrogen and oxygen atoms in total. The van der Waals surface area contributed by atoms with E-state index in [4.69, 9.17) is 9.47 Å². The van der Waals surface area contributed by atoms with Crippen molar-refractivity contribution in [3.05, 3.63) is 11.8 Å². The highest BCUT2D eigenvalue weighted by Gasteiger charge is 2.59. The third-order valence-electron chi connectivity index (χ3n) is 8.64. The minimum absolute atomic E-state index is 0.0219. The van der Waals surface area contributed by atoms with Crippen molar-refractivity contribution in [3.8, 4) is 0 Å². The summed E-state index contributed by atoms with van der Waals surface area (Å²) in [6.07, 6.45) is 17.8. The Hall–Kier alpha value is -0.870. The van der Waals surface area contributed by atoms with Gasteiger partial charge in [-0.1, -0.05) is 44.9 Å². The monoisotopic (exact) mass is 404 g/mol. The van der Waals surface area contributed by atoms with E-state index in [1.54, 1.807) is 13.2 Å². The second-order valence-electron chi connectivity index (χ2n) is 10.1. The maximum absolute atomic E-state index is 13.3. The second-order valence-corrected chi connectivity index (χ2v) is 10.1. The van der Waals surface area contributed by atoms with Gasteiger partial charge in [-0.15, -0.1) is 0 Å². The van der Waals surface area contributed by atoms with Crippen molar-refractivity contribution in [3.63, 3.8) is 0 Å². The van der Waals surface area contributed by atoms with Crippen molar-refractivity contribution >= 4 is 5.78 Å². The number of allylic oxidation sites excluding steroid dienone is 2. The molecule has 4 aliphatic rings. The fraction of sp³-hybridized carbons (Fsp3) is 0.880. The molecule has 29 heavy (non-hydrogen) atoms. The highest BCUT2D eigenvalue weighted by Crippen LogP contribution is 2.56. The summed E-state index contributed by atoms with van der Waals surface area (Å²) in [5.41, 5.74) is -0.0219.